The Kier molecular flexibility index (Phi) is 6.70. The molecule has 1 rings (SSSR count). The van der Waals surface area contributed by atoms with Crippen molar-refractivity contribution in [2.24, 2.45) is 10.7 Å². The predicted molar refractivity (Wildman–Crippen MR) is 96.6 cm³/mol. The van der Waals surface area contributed by atoms with E-state index < -0.39 is 15.6 Å². The van der Waals surface area contributed by atoms with Crippen LogP contribution in [-0.2, 0) is 10.0 Å². The van der Waals surface area contributed by atoms with E-state index in [0.29, 0.717) is 10.0 Å². The van der Waals surface area contributed by atoms with Crippen LogP contribution in [0.3, 0.4) is 0 Å². The summed E-state index contributed by atoms with van der Waals surface area (Å²) >= 11 is 12.0. The van der Waals surface area contributed by atoms with E-state index in [1.165, 1.54) is 0 Å². The van der Waals surface area contributed by atoms with E-state index in [9.17, 15) is 8.42 Å². The third-order valence-electron chi connectivity index (χ3n) is 2.90. The standard InChI is InChI=1S/C14H22Cl2N4O2S/c1-9(11-6-5-10(15)7-12(11)16)19-13(17)18-8-14(2,3)20-23(4,21)22/h5-7,9,20H,8H2,1-4H3,(H3,17,18,19). The van der Waals surface area contributed by atoms with Gasteiger partial charge in [0.25, 0.3) is 0 Å². The number of hydrogen-bond donors (Lipinski definition) is 3. The van der Waals surface area contributed by atoms with Crippen LogP contribution in [-0.4, -0.2) is 32.7 Å². The van der Waals surface area contributed by atoms with Crippen LogP contribution in [0.1, 0.15) is 32.4 Å². The molecule has 0 aromatic heterocycles. The van der Waals surface area contributed by atoms with Crippen molar-refractivity contribution in [3.05, 3.63) is 33.8 Å². The molecule has 0 aliphatic heterocycles. The zero-order chi connectivity index (χ0) is 17.8. The lowest BCUT2D eigenvalue weighted by atomic mass is 10.1. The number of aliphatic imine (C=N–C) groups is 1. The predicted octanol–water partition coefficient (Wildman–Crippen LogP) is 2.29. The Morgan fingerprint density at radius 2 is 2.00 bits per heavy atom. The van der Waals surface area contributed by atoms with Crippen molar-refractivity contribution in [3.8, 4) is 0 Å². The third kappa shape index (κ3) is 7.39. The average molecular weight is 381 g/mol. The van der Waals surface area contributed by atoms with E-state index in [2.05, 4.69) is 15.0 Å². The summed E-state index contributed by atoms with van der Waals surface area (Å²) in [6.07, 6.45) is 1.10. The number of guanidine groups is 1. The van der Waals surface area contributed by atoms with Crippen LogP contribution in [0.4, 0.5) is 0 Å². The van der Waals surface area contributed by atoms with Crippen LogP contribution in [0.15, 0.2) is 23.2 Å². The normalized spacial score (nSPS) is 14.6. The lowest BCUT2D eigenvalue weighted by Gasteiger charge is -2.23. The Balaban J connectivity index is 2.72. The first-order valence-electron chi connectivity index (χ1n) is 6.90. The molecule has 1 aromatic carbocycles. The summed E-state index contributed by atoms with van der Waals surface area (Å²) in [6, 6.07) is 5.04. The summed E-state index contributed by atoms with van der Waals surface area (Å²) in [6.45, 7) is 5.53. The van der Waals surface area contributed by atoms with Crippen molar-refractivity contribution in [1.29, 1.82) is 0 Å². The number of rotatable bonds is 6. The summed E-state index contributed by atoms with van der Waals surface area (Å²) < 4.78 is 25.1. The van der Waals surface area contributed by atoms with Gasteiger partial charge in [-0.1, -0.05) is 29.3 Å². The molecule has 0 amide bonds. The molecular weight excluding hydrogens is 359 g/mol. The minimum Gasteiger partial charge on any atom is -0.370 e. The van der Waals surface area contributed by atoms with E-state index in [-0.39, 0.29) is 18.5 Å². The molecule has 0 saturated heterocycles. The Morgan fingerprint density at radius 3 is 2.52 bits per heavy atom. The molecule has 0 spiro atoms. The first kappa shape index (κ1) is 20.0. The second kappa shape index (κ2) is 7.70. The molecule has 1 unspecified atom stereocenters. The number of nitrogens with two attached hydrogens (primary N) is 1. The number of halogens is 2. The van der Waals surface area contributed by atoms with Gasteiger partial charge in [0.2, 0.25) is 10.0 Å². The van der Waals surface area contributed by atoms with Gasteiger partial charge in [-0.2, -0.15) is 0 Å². The van der Waals surface area contributed by atoms with E-state index >= 15 is 0 Å². The van der Waals surface area contributed by atoms with E-state index in [1.807, 2.05) is 13.0 Å². The van der Waals surface area contributed by atoms with Crippen LogP contribution < -0.4 is 15.8 Å². The molecule has 1 atom stereocenters. The maximum absolute atomic E-state index is 11.3. The fourth-order valence-electron chi connectivity index (χ4n) is 2.01. The van der Waals surface area contributed by atoms with Crippen molar-refractivity contribution >= 4 is 39.2 Å². The van der Waals surface area contributed by atoms with Gasteiger partial charge in [0.05, 0.1) is 18.8 Å². The van der Waals surface area contributed by atoms with Crippen LogP contribution >= 0.6 is 23.2 Å². The molecule has 0 bridgehead atoms. The zero-order valence-corrected chi connectivity index (χ0v) is 15.9. The highest BCUT2D eigenvalue weighted by molar-refractivity contribution is 7.88. The van der Waals surface area contributed by atoms with Gasteiger partial charge in [0.1, 0.15) is 0 Å². The summed E-state index contributed by atoms with van der Waals surface area (Å²) in [5.74, 6) is 0.201. The van der Waals surface area contributed by atoms with Crippen molar-refractivity contribution in [3.63, 3.8) is 0 Å². The minimum absolute atomic E-state index is 0.172. The highest BCUT2D eigenvalue weighted by Gasteiger charge is 2.22. The van der Waals surface area contributed by atoms with Crippen LogP contribution in [0, 0.1) is 0 Å². The van der Waals surface area contributed by atoms with Gasteiger partial charge >= 0.3 is 0 Å². The minimum atomic E-state index is -3.32. The van der Waals surface area contributed by atoms with Crippen LogP contribution in [0.25, 0.3) is 0 Å². The van der Waals surface area contributed by atoms with Gasteiger partial charge < -0.3 is 11.1 Å². The van der Waals surface area contributed by atoms with Gasteiger partial charge in [-0.15, -0.1) is 0 Å². The largest absolute Gasteiger partial charge is 0.370 e. The number of sulfonamides is 1. The lowest BCUT2D eigenvalue weighted by Crippen LogP contribution is -2.46. The van der Waals surface area contributed by atoms with Gasteiger partial charge in [-0.05, 0) is 38.5 Å². The van der Waals surface area contributed by atoms with Crippen molar-refractivity contribution < 1.29 is 8.42 Å². The topological polar surface area (TPSA) is 96.6 Å². The molecule has 0 fully saturated rings. The van der Waals surface area contributed by atoms with Gasteiger partial charge in [-0.25, -0.2) is 13.1 Å². The Labute approximate surface area is 147 Å². The van der Waals surface area contributed by atoms with Crippen LogP contribution in [0.2, 0.25) is 10.0 Å². The third-order valence-corrected chi connectivity index (χ3v) is 4.39. The number of hydrogen-bond acceptors (Lipinski definition) is 3. The number of nitrogens with one attached hydrogen (secondary N) is 2. The molecule has 0 aliphatic rings. The fourth-order valence-corrected chi connectivity index (χ4v) is 3.66. The van der Waals surface area contributed by atoms with Crippen molar-refractivity contribution in [2.75, 3.05) is 12.8 Å². The van der Waals surface area contributed by atoms with Gasteiger partial charge in [0.15, 0.2) is 5.96 Å². The Bertz CT molecular complexity index is 690. The zero-order valence-electron chi connectivity index (χ0n) is 13.5. The smallest absolute Gasteiger partial charge is 0.209 e. The maximum Gasteiger partial charge on any atom is 0.209 e. The quantitative estimate of drug-likeness (QED) is 0.520. The fraction of sp³-hybridized carbons (Fsp3) is 0.500. The molecule has 0 heterocycles. The second-order valence-electron chi connectivity index (χ2n) is 5.99. The molecule has 0 radical (unpaired) electrons. The molecule has 130 valence electrons. The molecule has 0 aliphatic carbocycles. The first-order chi connectivity index (χ1) is 10.4. The highest BCUT2D eigenvalue weighted by atomic mass is 35.5. The summed E-state index contributed by atoms with van der Waals surface area (Å²) in [4.78, 5) is 4.18. The molecule has 4 N–H and O–H groups in total. The Hall–Kier alpha value is -1.02. The summed E-state index contributed by atoms with van der Waals surface area (Å²) in [7, 11) is -3.32. The highest BCUT2D eigenvalue weighted by Crippen LogP contribution is 2.25. The average Bonchev–Trinajstić information content (AvgIpc) is 2.33. The number of nitrogens with zero attached hydrogens (tertiary/aromatic N) is 1. The number of benzene rings is 1. The van der Waals surface area contributed by atoms with Gasteiger partial charge in [0, 0.05) is 15.6 Å². The molecular formula is C14H22Cl2N4O2S. The molecule has 6 nitrogen and oxygen atoms in total. The molecule has 1 aromatic rings. The molecule has 9 heteroatoms. The van der Waals surface area contributed by atoms with Crippen molar-refractivity contribution in [1.82, 2.24) is 10.0 Å². The van der Waals surface area contributed by atoms with E-state index in [1.54, 1.807) is 26.0 Å². The lowest BCUT2D eigenvalue weighted by molar-refractivity contribution is 0.465. The Morgan fingerprint density at radius 1 is 1.39 bits per heavy atom. The van der Waals surface area contributed by atoms with Crippen molar-refractivity contribution in [2.45, 2.75) is 32.4 Å². The monoisotopic (exact) mass is 380 g/mol. The summed E-state index contributed by atoms with van der Waals surface area (Å²) in [5.41, 5.74) is 5.96. The van der Waals surface area contributed by atoms with E-state index in [0.717, 1.165) is 11.8 Å². The van der Waals surface area contributed by atoms with Gasteiger partial charge in [-0.3, -0.25) is 4.99 Å². The molecule has 0 saturated carbocycles. The van der Waals surface area contributed by atoms with E-state index in [4.69, 9.17) is 28.9 Å². The maximum atomic E-state index is 11.3. The summed E-state index contributed by atoms with van der Waals surface area (Å²) in [5, 5.41) is 4.10. The van der Waals surface area contributed by atoms with Crippen LogP contribution in [0.5, 0.6) is 0 Å². The SMILES string of the molecule is CC(NC(N)=NCC(C)(C)NS(C)(=O)=O)c1ccc(Cl)cc1Cl. The molecule has 23 heavy (non-hydrogen) atoms. The second-order valence-corrected chi connectivity index (χ2v) is 8.58. The first-order valence-corrected chi connectivity index (χ1v) is 9.55.